The Hall–Kier alpha value is -1.57. The van der Waals surface area contributed by atoms with Crippen molar-refractivity contribution in [1.29, 1.82) is 5.26 Å². The van der Waals surface area contributed by atoms with Crippen molar-refractivity contribution in [3.8, 4) is 11.8 Å². The van der Waals surface area contributed by atoms with E-state index in [0.717, 1.165) is 38.2 Å². The number of hydrogen-bond acceptors (Lipinski definition) is 4. The molecule has 1 aliphatic heterocycles. The molecule has 0 bridgehead atoms. The van der Waals surface area contributed by atoms with Gasteiger partial charge in [0.1, 0.15) is 5.75 Å². The predicted molar refractivity (Wildman–Crippen MR) is 77.5 cm³/mol. The van der Waals surface area contributed by atoms with Crippen LogP contribution in [0, 0.1) is 17.2 Å². The van der Waals surface area contributed by atoms with Crippen LogP contribution in [-0.4, -0.2) is 42.4 Å². The van der Waals surface area contributed by atoms with Gasteiger partial charge >= 0.3 is 0 Å². The van der Waals surface area contributed by atoms with Crippen molar-refractivity contribution < 1.29 is 9.84 Å². The standard InChI is InChI=1S/C16H22N2O2/c1-13-7-9-18(12-16(13)19)8-2-10-20-15-5-3-14(11-17)4-6-15/h3-6,13,16,19H,2,7-10,12H2,1H3. The highest BCUT2D eigenvalue weighted by Crippen LogP contribution is 2.17. The van der Waals surface area contributed by atoms with Gasteiger partial charge in [-0.3, -0.25) is 0 Å². The highest BCUT2D eigenvalue weighted by atomic mass is 16.5. The SMILES string of the molecule is CC1CCN(CCCOc2ccc(C#N)cc2)CC1O. The third kappa shape index (κ3) is 4.22. The van der Waals surface area contributed by atoms with Crippen LogP contribution in [0.2, 0.25) is 0 Å². The largest absolute Gasteiger partial charge is 0.494 e. The van der Waals surface area contributed by atoms with Gasteiger partial charge < -0.3 is 14.7 Å². The van der Waals surface area contributed by atoms with Gasteiger partial charge in [0, 0.05) is 13.1 Å². The minimum atomic E-state index is -0.191. The fourth-order valence-electron chi connectivity index (χ4n) is 2.42. The van der Waals surface area contributed by atoms with Gasteiger partial charge in [0.05, 0.1) is 24.3 Å². The number of aliphatic hydroxyl groups excluding tert-OH is 1. The van der Waals surface area contributed by atoms with E-state index in [4.69, 9.17) is 10.00 Å². The summed E-state index contributed by atoms with van der Waals surface area (Å²) in [6.45, 7) is 5.57. The topological polar surface area (TPSA) is 56.5 Å². The molecule has 4 heteroatoms. The Labute approximate surface area is 120 Å². The van der Waals surface area contributed by atoms with Crippen LogP contribution in [0.1, 0.15) is 25.3 Å². The summed E-state index contributed by atoms with van der Waals surface area (Å²) >= 11 is 0. The van der Waals surface area contributed by atoms with Crippen molar-refractivity contribution >= 4 is 0 Å². The van der Waals surface area contributed by atoms with Crippen molar-refractivity contribution in [3.63, 3.8) is 0 Å². The third-order valence-electron chi connectivity index (χ3n) is 3.87. The molecule has 1 N–H and O–H groups in total. The van der Waals surface area contributed by atoms with Gasteiger partial charge in [-0.05, 0) is 49.6 Å². The van der Waals surface area contributed by atoms with E-state index in [2.05, 4.69) is 17.9 Å². The number of rotatable bonds is 5. The minimum Gasteiger partial charge on any atom is -0.494 e. The number of hydrogen-bond donors (Lipinski definition) is 1. The number of nitrogens with zero attached hydrogens (tertiary/aromatic N) is 2. The van der Waals surface area contributed by atoms with E-state index in [1.807, 2.05) is 12.1 Å². The van der Waals surface area contributed by atoms with Gasteiger partial charge in [-0.2, -0.15) is 5.26 Å². The molecule has 4 nitrogen and oxygen atoms in total. The van der Waals surface area contributed by atoms with Gasteiger partial charge in [-0.25, -0.2) is 0 Å². The minimum absolute atomic E-state index is 0.191. The lowest BCUT2D eigenvalue weighted by Crippen LogP contribution is -2.43. The van der Waals surface area contributed by atoms with Gasteiger partial charge in [-0.1, -0.05) is 6.92 Å². The first-order chi connectivity index (χ1) is 9.69. The van der Waals surface area contributed by atoms with E-state index in [1.54, 1.807) is 12.1 Å². The van der Waals surface area contributed by atoms with Crippen LogP contribution < -0.4 is 4.74 Å². The molecule has 0 saturated carbocycles. The Morgan fingerprint density at radius 2 is 2.15 bits per heavy atom. The second-order valence-electron chi connectivity index (χ2n) is 5.47. The summed E-state index contributed by atoms with van der Waals surface area (Å²) in [5.41, 5.74) is 0.647. The maximum absolute atomic E-state index is 9.83. The molecule has 1 heterocycles. The summed E-state index contributed by atoms with van der Waals surface area (Å²) in [4.78, 5) is 2.30. The average Bonchev–Trinajstić information content (AvgIpc) is 2.48. The van der Waals surface area contributed by atoms with Crippen molar-refractivity contribution in [1.82, 2.24) is 4.90 Å². The number of likely N-dealkylation sites (tertiary alicyclic amines) is 1. The van der Waals surface area contributed by atoms with Gasteiger partial charge in [0.15, 0.2) is 0 Å². The number of aliphatic hydroxyl groups is 1. The van der Waals surface area contributed by atoms with E-state index >= 15 is 0 Å². The summed E-state index contributed by atoms with van der Waals surface area (Å²) in [6.07, 6.45) is 1.82. The smallest absolute Gasteiger partial charge is 0.119 e. The van der Waals surface area contributed by atoms with E-state index in [9.17, 15) is 5.11 Å². The Balaban J connectivity index is 1.65. The second kappa shape index (κ2) is 7.28. The van der Waals surface area contributed by atoms with E-state index in [0.29, 0.717) is 18.1 Å². The zero-order chi connectivity index (χ0) is 14.4. The highest BCUT2D eigenvalue weighted by Gasteiger charge is 2.23. The van der Waals surface area contributed by atoms with Gasteiger partial charge in [-0.15, -0.1) is 0 Å². The van der Waals surface area contributed by atoms with Crippen LogP contribution in [-0.2, 0) is 0 Å². The zero-order valence-electron chi connectivity index (χ0n) is 12.0. The first kappa shape index (κ1) is 14.8. The molecule has 0 amide bonds. The fourth-order valence-corrected chi connectivity index (χ4v) is 2.42. The molecule has 1 fully saturated rings. The maximum Gasteiger partial charge on any atom is 0.119 e. The molecule has 0 aliphatic carbocycles. The normalized spacial score (nSPS) is 23.2. The average molecular weight is 274 g/mol. The summed E-state index contributed by atoms with van der Waals surface area (Å²) in [5.74, 6) is 1.22. The monoisotopic (exact) mass is 274 g/mol. The Kier molecular flexibility index (Phi) is 5.40. The van der Waals surface area contributed by atoms with E-state index in [1.165, 1.54) is 0 Å². The molecule has 0 radical (unpaired) electrons. The lowest BCUT2D eigenvalue weighted by atomic mass is 9.96. The molecule has 1 aromatic carbocycles. The van der Waals surface area contributed by atoms with E-state index < -0.39 is 0 Å². The van der Waals surface area contributed by atoms with Crippen molar-refractivity contribution in [2.45, 2.75) is 25.9 Å². The van der Waals surface area contributed by atoms with Crippen LogP contribution >= 0.6 is 0 Å². The number of β-amino-alcohol motifs (C(OH)–C–C–N with tert-alkyl or cyclic N) is 1. The van der Waals surface area contributed by atoms with Crippen molar-refractivity contribution in [2.24, 2.45) is 5.92 Å². The number of nitriles is 1. The highest BCUT2D eigenvalue weighted by molar-refractivity contribution is 5.34. The first-order valence-electron chi connectivity index (χ1n) is 7.22. The molecule has 0 aromatic heterocycles. The molecule has 1 aliphatic rings. The van der Waals surface area contributed by atoms with Gasteiger partial charge in [0.2, 0.25) is 0 Å². The fraction of sp³-hybridized carbons (Fsp3) is 0.562. The van der Waals surface area contributed by atoms with Crippen LogP contribution in [0.25, 0.3) is 0 Å². The quantitative estimate of drug-likeness (QED) is 0.835. The van der Waals surface area contributed by atoms with Crippen LogP contribution in [0.15, 0.2) is 24.3 Å². The molecule has 108 valence electrons. The molecular weight excluding hydrogens is 252 g/mol. The maximum atomic E-state index is 9.83. The molecule has 0 spiro atoms. The van der Waals surface area contributed by atoms with Crippen LogP contribution in [0.5, 0.6) is 5.75 Å². The molecule has 1 aromatic rings. The summed E-state index contributed by atoms with van der Waals surface area (Å²) in [7, 11) is 0. The number of piperidine rings is 1. The van der Waals surface area contributed by atoms with Crippen LogP contribution in [0.4, 0.5) is 0 Å². The van der Waals surface area contributed by atoms with E-state index in [-0.39, 0.29) is 6.10 Å². The number of ether oxygens (including phenoxy) is 1. The number of benzene rings is 1. The molecular formula is C16H22N2O2. The van der Waals surface area contributed by atoms with Gasteiger partial charge in [0.25, 0.3) is 0 Å². The first-order valence-corrected chi connectivity index (χ1v) is 7.22. The molecule has 1 saturated heterocycles. The molecule has 2 unspecified atom stereocenters. The zero-order valence-corrected chi connectivity index (χ0v) is 12.0. The molecule has 2 atom stereocenters. The van der Waals surface area contributed by atoms with Crippen LogP contribution in [0.3, 0.4) is 0 Å². The predicted octanol–water partition coefficient (Wildman–Crippen LogP) is 2.03. The summed E-state index contributed by atoms with van der Waals surface area (Å²) in [5, 5.41) is 18.5. The summed E-state index contributed by atoms with van der Waals surface area (Å²) in [6, 6.07) is 9.26. The lowest BCUT2D eigenvalue weighted by Gasteiger charge is -2.34. The summed E-state index contributed by atoms with van der Waals surface area (Å²) < 4.78 is 5.65. The van der Waals surface area contributed by atoms with Crippen molar-refractivity contribution in [2.75, 3.05) is 26.2 Å². The second-order valence-corrected chi connectivity index (χ2v) is 5.47. The molecule has 20 heavy (non-hydrogen) atoms. The lowest BCUT2D eigenvalue weighted by molar-refractivity contribution is 0.0275. The third-order valence-corrected chi connectivity index (χ3v) is 3.87. The molecule has 2 rings (SSSR count). The Bertz CT molecular complexity index is 453. The Morgan fingerprint density at radius 1 is 1.40 bits per heavy atom. The van der Waals surface area contributed by atoms with Crippen molar-refractivity contribution in [3.05, 3.63) is 29.8 Å². The Morgan fingerprint density at radius 3 is 2.80 bits per heavy atom.